The minimum Gasteiger partial charge on any atom is -0.494 e. The second-order valence-corrected chi connectivity index (χ2v) is 5.25. The molecule has 1 N–H and O–H groups in total. The van der Waals surface area contributed by atoms with E-state index in [1.807, 2.05) is 6.92 Å². The number of ether oxygens (including phenoxy) is 1. The van der Waals surface area contributed by atoms with Crippen molar-refractivity contribution in [2.24, 2.45) is 5.92 Å². The highest BCUT2D eigenvalue weighted by atomic mass is 16.5. The highest BCUT2D eigenvalue weighted by Gasteiger charge is 2.39. The summed E-state index contributed by atoms with van der Waals surface area (Å²) in [5.41, 5.74) is 2.90. The zero-order chi connectivity index (χ0) is 11.8. The Bertz CT molecular complexity index is 413. The van der Waals surface area contributed by atoms with Gasteiger partial charge in [0.2, 0.25) is 0 Å². The second kappa shape index (κ2) is 4.34. The molecule has 3 atom stereocenters. The van der Waals surface area contributed by atoms with Crippen LogP contribution in [-0.4, -0.2) is 17.8 Å². The summed E-state index contributed by atoms with van der Waals surface area (Å²) in [5.74, 6) is 2.08. The van der Waals surface area contributed by atoms with Gasteiger partial charge in [-0.25, -0.2) is 0 Å². The van der Waals surface area contributed by atoms with E-state index >= 15 is 0 Å². The molecule has 2 aliphatic carbocycles. The fourth-order valence-corrected chi connectivity index (χ4v) is 3.57. The van der Waals surface area contributed by atoms with E-state index in [9.17, 15) is 5.11 Å². The summed E-state index contributed by atoms with van der Waals surface area (Å²) < 4.78 is 5.56. The molecule has 17 heavy (non-hydrogen) atoms. The van der Waals surface area contributed by atoms with Gasteiger partial charge in [0, 0.05) is 0 Å². The molecular formula is C15H20O2. The van der Waals surface area contributed by atoms with Crippen LogP contribution in [0.2, 0.25) is 0 Å². The molecular weight excluding hydrogens is 212 g/mol. The Labute approximate surface area is 103 Å². The molecule has 0 saturated heterocycles. The first-order valence-electron chi connectivity index (χ1n) is 6.73. The van der Waals surface area contributed by atoms with Crippen molar-refractivity contribution in [1.29, 1.82) is 0 Å². The Morgan fingerprint density at radius 1 is 1.29 bits per heavy atom. The Kier molecular flexibility index (Phi) is 2.83. The van der Waals surface area contributed by atoms with E-state index in [2.05, 4.69) is 18.2 Å². The lowest BCUT2D eigenvalue weighted by atomic mass is 9.76. The maximum atomic E-state index is 9.96. The van der Waals surface area contributed by atoms with Crippen LogP contribution >= 0.6 is 0 Å². The molecule has 2 heteroatoms. The molecule has 1 aromatic rings. The molecule has 0 radical (unpaired) electrons. The second-order valence-electron chi connectivity index (χ2n) is 5.25. The van der Waals surface area contributed by atoms with E-state index in [-0.39, 0.29) is 6.10 Å². The minimum atomic E-state index is -0.0697. The van der Waals surface area contributed by atoms with Crippen molar-refractivity contribution in [2.75, 3.05) is 6.61 Å². The predicted molar refractivity (Wildman–Crippen MR) is 67.4 cm³/mol. The molecule has 1 fully saturated rings. The molecule has 1 aromatic carbocycles. The van der Waals surface area contributed by atoms with Gasteiger partial charge in [0.05, 0.1) is 12.7 Å². The monoisotopic (exact) mass is 232 g/mol. The van der Waals surface area contributed by atoms with Crippen molar-refractivity contribution in [3.8, 4) is 5.75 Å². The van der Waals surface area contributed by atoms with Gasteiger partial charge in [-0.15, -0.1) is 0 Å². The third-order valence-electron chi connectivity index (χ3n) is 4.36. The Morgan fingerprint density at radius 3 is 3.00 bits per heavy atom. The molecule has 0 heterocycles. The van der Waals surface area contributed by atoms with Crippen LogP contribution in [0.1, 0.15) is 43.2 Å². The van der Waals surface area contributed by atoms with Crippen molar-refractivity contribution in [3.63, 3.8) is 0 Å². The van der Waals surface area contributed by atoms with Gasteiger partial charge in [0.1, 0.15) is 5.75 Å². The third-order valence-corrected chi connectivity index (χ3v) is 4.36. The van der Waals surface area contributed by atoms with Crippen molar-refractivity contribution < 1.29 is 9.84 Å². The summed E-state index contributed by atoms with van der Waals surface area (Å²) >= 11 is 0. The molecule has 2 aliphatic rings. The average molecular weight is 232 g/mol. The van der Waals surface area contributed by atoms with Gasteiger partial charge in [-0.2, -0.15) is 0 Å². The van der Waals surface area contributed by atoms with E-state index in [1.165, 1.54) is 11.1 Å². The number of rotatable bonds is 2. The SMILES string of the molecule is CCOc1ccc2c(c1)CC[C@H]1[C@@H](O)CC[C@@H]21. The van der Waals surface area contributed by atoms with E-state index < -0.39 is 0 Å². The zero-order valence-corrected chi connectivity index (χ0v) is 10.4. The Morgan fingerprint density at radius 2 is 2.18 bits per heavy atom. The number of hydrogen-bond donors (Lipinski definition) is 1. The van der Waals surface area contributed by atoms with Crippen LogP contribution in [0, 0.1) is 5.92 Å². The Balaban J connectivity index is 1.91. The zero-order valence-electron chi connectivity index (χ0n) is 10.4. The first-order chi connectivity index (χ1) is 8.29. The fraction of sp³-hybridized carbons (Fsp3) is 0.600. The summed E-state index contributed by atoms with van der Waals surface area (Å²) in [5, 5.41) is 9.96. The summed E-state index contributed by atoms with van der Waals surface area (Å²) in [7, 11) is 0. The quantitative estimate of drug-likeness (QED) is 0.849. The van der Waals surface area contributed by atoms with Crippen LogP contribution in [0.15, 0.2) is 18.2 Å². The first-order valence-corrected chi connectivity index (χ1v) is 6.73. The van der Waals surface area contributed by atoms with Crippen molar-refractivity contribution in [3.05, 3.63) is 29.3 Å². The van der Waals surface area contributed by atoms with Gasteiger partial charge in [-0.05, 0) is 67.7 Å². The van der Waals surface area contributed by atoms with Gasteiger partial charge in [0.25, 0.3) is 0 Å². The standard InChI is InChI=1S/C15H20O2/c1-2-17-11-4-6-12-10(9-11)3-5-14-13(12)7-8-15(14)16/h4,6,9,13-16H,2-3,5,7-8H2,1H3/t13-,14+,15-/m0/s1. The third kappa shape index (κ3) is 1.85. The van der Waals surface area contributed by atoms with Crippen LogP contribution in [-0.2, 0) is 6.42 Å². The van der Waals surface area contributed by atoms with Crippen molar-refractivity contribution >= 4 is 0 Å². The maximum Gasteiger partial charge on any atom is 0.119 e. The highest BCUT2D eigenvalue weighted by Crippen LogP contribution is 2.47. The van der Waals surface area contributed by atoms with Gasteiger partial charge in [0.15, 0.2) is 0 Å². The minimum absolute atomic E-state index is 0.0697. The van der Waals surface area contributed by atoms with Gasteiger partial charge in [-0.3, -0.25) is 0 Å². The molecule has 0 aliphatic heterocycles. The predicted octanol–water partition coefficient (Wildman–Crippen LogP) is 2.89. The number of fused-ring (bicyclic) bond motifs is 3. The maximum absolute atomic E-state index is 9.96. The molecule has 0 bridgehead atoms. The summed E-state index contributed by atoms with van der Waals surface area (Å²) in [4.78, 5) is 0. The number of benzene rings is 1. The number of hydrogen-bond acceptors (Lipinski definition) is 2. The molecule has 0 amide bonds. The topological polar surface area (TPSA) is 29.5 Å². The fourth-order valence-electron chi connectivity index (χ4n) is 3.57. The van der Waals surface area contributed by atoms with Crippen molar-refractivity contribution in [2.45, 2.75) is 44.6 Å². The smallest absolute Gasteiger partial charge is 0.119 e. The van der Waals surface area contributed by atoms with Crippen LogP contribution in [0.25, 0.3) is 0 Å². The molecule has 0 aromatic heterocycles. The normalized spacial score (nSPS) is 30.8. The average Bonchev–Trinajstić information content (AvgIpc) is 2.72. The van der Waals surface area contributed by atoms with Crippen LogP contribution in [0.3, 0.4) is 0 Å². The summed E-state index contributed by atoms with van der Waals surface area (Å²) in [6.07, 6.45) is 4.28. The van der Waals surface area contributed by atoms with Crippen LogP contribution in [0.4, 0.5) is 0 Å². The molecule has 1 saturated carbocycles. The molecule has 92 valence electrons. The largest absolute Gasteiger partial charge is 0.494 e. The van der Waals surface area contributed by atoms with E-state index in [0.717, 1.165) is 38.0 Å². The lowest BCUT2D eigenvalue weighted by Gasteiger charge is -2.30. The number of aliphatic hydroxyl groups excluding tert-OH is 1. The van der Waals surface area contributed by atoms with Crippen LogP contribution < -0.4 is 4.74 Å². The first kappa shape index (κ1) is 11.1. The number of aryl methyl sites for hydroxylation is 1. The van der Waals surface area contributed by atoms with Crippen molar-refractivity contribution in [1.82, 2.24) is 0 Å². The highest BCUT2D eigenvalue weighted by molar-refractivity contribution is 5.40. The lowest BCUT2D eigenvalue weighted by Crippen LogP contribution is -2.23. The summed E-state index contributed by atoms with van der Waals surface area (Å²) in [6, 6.07) is 6.49. The molecule has 0 unspecified atom stereocenters. The van der Waals surface area contributed by atoms with Gasteiger partial charge < -0.3 is 9.84 Å². The lowest BCUT2D eigenvalue weighted by molar-refractivity contribution is 0.119. The summed E-state index contributed by atoms with van der Waals surface area (Å²) in [6.45, 7) is 2.74. The van der Waals surface area contributed by atoms with E-state index in [4.69, 9.17) is 4.74 Å². The van der Waals surface area contributed by atoms with Crippen LogP contribution in [0.5, 0.6) is 5.75 Å². The van der Waals surface area contributed by atoms with Gasteiger partial charge >= 0.3 is 0 Å². The van der Waals surface area contributed by atoms with Gasteiger partial charge in [-0.1, -0.05) is 6.07 Å². The molecule has 2 nitrogen and oxygen atoms in total. The number of aliphatic hydroxyl groups is 1. The van der Waals surface area contributed by atoms with E-state index in [0.29, 0.717) is 11.8 Å². The molecule has 0 spiro atoms. The Hall–Kier alpha value is -1.02. The van der Waals surface area contributed by atoms with E-state index in [1.54, 1.807) is 0 Å². The molecule has 3 rings (SSSR count).